The molecule has 0 bridgehead atoms. The van der Waals surface area contributed by atoms with E-state index in [4.69, 9.17) is 5.11 Å². The van der Waals surface area contributed by atoms with Crippen LogP contribution in [0.5, 0.6) is 0 Å². The number of nitrogens with zero attached hydrogens (tertiary/aromatic N) is 3. The molecule has 0 saturated heterocycles. The molecule has 90 valence electrons. The largest absolute Gasteiger partial charge is 0.435 e. The highest BCUT2D eigenvalue weighted by atomic mass is 19.4. The molecule has 2 aromatic heterocycles. The Balaban J connectivity index is 2.44. The summed E-state index contributed by atoms with van der Waals surface area (Å²) in [6, 6.07) is 2.36. The molecule has 4 nitrogen and oxygen atoms in total. The molecule has 2 aromatic rings. The molecule has 0 amide bonds. The number of aliphatic hydroxyl groups is 1. The molecular formula is C10H8F3N3O. The van der Waals surface area contributed by atoms with Crippen molar-refractivity contribution in [1.82, 2.24) is 14.8 Å². The van der Waals surface area contributed by atoms with Crippen molar-refractivity contribution in [1.29, 1.82) is 0 Å². The second-order valence-corrected chi connectivity index (χ2v) is 3.31. The number of pyridine rings is 1. The van der Waals surface area contributed by atoms with Gasteiger partial charge in [0.1, 0.15) is 0 Å². The van der Waals surface area contributed by atoms with Crippen LogP contribution in [0.1, 0.15) is 11.3 Å². The van der Waals surface area contributed by atoms with Crippen LogP contribution in [0.2, 0.25) is 0 Å². The predicted octanol–water partition coefficient (Wildman–Crippen LogP) is 1.78. The van der Waals surface area contributed by atoms with Crippen LogP contribution in [0, 0.1) is 0 Å². The average molecular weight is 243 g/mol. The molecule has 0 radical (unpaired) electrons. The topological polar surface area (TPSA) is 50.9 Å². The second kappa shape index (κ2) is 4.17. The van der Waals surface area contributed by atoms with Gasteiger partial charge in [0.15, 0.2) is 5.69 Å². The molecule has 7 heteroatoms. The summed E-state index contributed by atoms with van der Waals surface area (Å²) >= 11 is 0. The molecule has 0 spiro atoms. The van der Waals surface area contributed by atoms with E-state index < -0.39 is 11.9 Å². The van der Waals surface area contributed by atoms with Crippen molar-refractivity contribution >= 4 is 0 Å². The van der Waals surface area contributed by atoms with Crippen LogP contribution in [-0.2, 0) is 12.8 Å². The van der Waals surface area contributed by atoms with Gasteiger partial charge in [0.05, 0.1) is 12.3 Å². The maximum atomic E-state index is 12.4. The average Bonchev–Trinajstić information content (AvgIpc) is 2.77. The van der Waals surface area contributed by atoms with Crippen LogP contribution in [0.3, 0.4) is 0 Å². The third kappa shape index (κ3) is 2.28. The number of aromatic nitrogens is 3. The van der Waals surface area contributed by atoms with E-state index in [9.17, 15) is 13.2 Å². The van der Waals surface area contributed by atoms with Crippen molar-refractivity contribution in [2.45, 2.75) is 12.8 Å². The van der Waals surface area contributed by atoms with E-state index >= 15 is 0 Å². The van der Waals surface area contributed by atoms with Crippen molar-refractivity contribution in [3.63, 3.8) is 0 Å². The highest BCUT2D eigenvalue weighted by Gasteiger charge is 2.33. The quantitative estimate of drug-likeness (QED) is 0.874. The van der Waals surface area contributed by atoms with E-state index in [1.807, 2.05) is 0 Å². The molecule has 0 aliphatic heterocycles. The smallest absolute Gasteiger partial charge is 0.392 e. The van der Waals surface area contributed by atoms with Gasteiger partial charge in [-0.05, 0) is 12.1 Å². The van der Waals surface area contributed by atoms with Crippen LogP contribution in [0.4, 0.5) is 13.2 Å². The van der Waals surface area contributed by atoms with Gasteiger partial charge in [0, 0.05) is 24.2 Å². The standard InChI is InChI=1S/C10H8F3N3O/c11-10(12,13)9-2-4-16(15-9)8-1-3-14-5-7(8)6-17/h1-5,17H,6H2. The molecule has 0 aliphatic rings. The van der Waals surface area contributed by atoms with Crippen molar-refractivity contribution < 1.29 is 18.3 Å². The van der Waals surface area contributed by atoms with Crippen LogP contribution < -0.4 is 0 Å². The van der Waals surface area contributed by atoms with Gasteiger partial charge in [0.2, 0.25) is 0 Å². The molecular weight excluding hydrogens is 235 g/mol. The number of hydrogen-bond acceptors (Lipinski definition) is 3. The number of aliphatic hydroxyl groups excluding tert-OH is 1. The number of alkyl halides is 3. The third-order valence-corrected chi connectivity index (χ3v) is 2.17. The highest BCUT2D eigenvalue weighted by Crippen LogP contribution is 2.28. The molecule has 0 fully saturated rings. The van der Waals surface area contributed by atoms with Crippen LogP contribution in [-0.4, -0.2) is 19.9 Å². The lowest BCUT2D eigenvalue weighted by atomic mass is 10.2. The molecule has 2 rings (SSSR count). The fraction of sp³-hybridized carbons (Fsp3) is 0.200. The summed E-state index contributed by atoms with van der Waals surface area (Å²) in [5.41, 5.74) is -0.194. The first kappa shape index (κ1) is 11.6. The molecule has 2 heterocycles. The Morgan fingerprint density at radius 1 is 1.29 bits per heavy atom. The minimum absolute atomic E-state index is 0.315. The summed E-state index contributed by atoms with van der Waals surface area (Å²) in [6.07, 6.45) is -0.483. The molecule has 1 N–H and O–H groups in total. The maximum absolute atomic E-state index is 12.4. The Bertz CT molecular complexity index is 522. The fourth-order valence-corrected chi connectivity index (χ4v) is 1.37. The predicted molar refractivity (Wildman–Crippen MR) is 52.3 cm³/mol. The van der Waals surface area contributed by atoms with Gasteiger partial charge in [-0.2, -0.15) is 18.3 Å². The Morgan fingerprint density at radius 2 is 2.06 bits per heavy atom. The molecule has 0 aromatic carbocycles. The van der Waals surface area contributed by atoms with Gasteiger partial charge in [-0.15, -0.1) is 0 Å². The van der Waals surface area contributed by atoms with E-state index in [-0.39, 0.29) is 6.61 Å². The van der Waals surface area contributed by atoms with E-state index in [0.29, 0.717) is 11.3 Å². The first-order valence-electron chi connectivity index (χ1n) is 4.69. The Labute approximate surface area is 94.3 Å². The number of halogens is 3. The normalized spacial score (nSPS) is 11.8. The lowest BCUT2D eigenvalue weighted by Gasteiger charge is -2.06. The summed E-state index contributed by atoms with van der Waals surface area (Å²) < 4.78 is 38.2. The summed E-state index contributed by atoms with van der Waals surface area (Å²) in [4.78, 5) is 3.77. The zero-order valence-electron chi connectivity index (χ0n) is 8.52. The molecule has 0 aliphatic carbocycles. The first-order valence-corrected chi connectivity index (χ1v) is 4.69. The van der Waals surface area contributed by atoms with Crippen molar-refractivity contribution in [2.24, 2.45) is 0 Å². The number of rotatable bonds is 2. The second-order valence-electron chi connectivity index (χ2n) is 3.31. The fourth-order valence-electron chi connectivity index (χ4n) is 1.37. The minimum Gasteiger partial charge on any atom is -0.392 e. The van der Waals surface area contributed by atoms with Gasteiger partial charge in [-0.25, -0.2) is 4.68 Å². The number of hydrogen-bond donors (Lipinski definition) is 1. The van der Waals surface area contributed by atoms with E-state index in [1.165, 1.54) is 24.7 Å². The summed E-state index contributed by atoms with van der Waals surface area (Å²) in [5.74, 6) is 0. The lowest BCUT2D eigenvalue weighted by Crippen LogP contribution is -2.08. The van der Waals surface area contributed by atoms with Crippen LogP contribution in [0.25, 0.3) is 5.69 Å². The van der Waals surface area contributed by atoms with Gasteiger partial charge in [-0.1, -0.05) is 0 Å². The van der Waals surface area contributed by atoms with E-state index in [1.54, 1.807) is 0 Å². The Morgan fingerprint density at radius 3 is 2.65 bits per heavy atom. The zero-order valence-corrected chi connectivity index (χ0v) is 8.52. The molecule has 0 saturated carbocycles. The molecule has 0 atom stereocenters. The SMILES string of the molecule is OCc1cnccc1-n1ccc(C(F)(F)F)n1. The van der Waals surface area contributed by atoms with Crippen molar-refractivity contribution in [3.05, 3.63) is 42.0 Å². The molecule has 17 heavy (non-hydrogen) atoms. The minimum atomic E-state index is -4.47. The van der Waals surface area contributed by atoms with Gasteiger partial charge >= 0.3 is 6.18 Å². The van der Waals surface area contributed by atoms with Crippen molar-refractivity contribution in [2.75, 3.05) is 0 Å². The first-order chi connectivity index (χ1) is 8.02. The molecule has 0 unspecified atom stereocenters. The maximum Gasteiger partial charge on any atom is 0.435 e. The van der Waals surface area contributed by atoms with Crippen LogP contribution in [0.15, 0.2) is 30.7 Å². The van der Waals surface area contributed by atoms with Gasteiger partial charge < -0.3 is 5.11 Å². The van der Waals surface area contributed by atoms with Gasteiger partial charge in [0.25, 0.3) is 0 Å². The zero-order chi connectivity index (χ0) is 12.5. The Kier molecular flexibility index (Phi) is 2.84. The summed E-state index contributed by atoms with van der Waals surface area (Å²) in [7, 11) is 0. The van der Waals surface area contributed by atoms with E-state index in [0.717, 1.165) is 10.7 Å². The highest BCUT2D eigenvalue weighted by molar-refractivity contribution is 5.37. The van der Waals surface area contributed by atoms with Crippen molar-refractivity contribution in [3.8, 4) is 5.69 Å². The van der Waals surface area contributed by atoms with Crippen LogP contribution >= 0.6 is 0 Å². The third-order valence-electron chi connectivity index (χ3n) is 2.17. The monoisotopic (exact) mass is 243 g/mol. The van der Waals surface area contributed by atoms with Gasteiger partial charge in [-0.3, -0.25) is 4.98 Å². The lowest BCUT2D eigenvalue weighted by molar-refractivity contribution is -0.141. The summed E-state index contributed by atoms with van der Waals surface area (Å²) in [6.45, 7) is -0.315. The van der Waals surface area contributed by atoms with E-state index in [2.05, 4.69) is 10.1 Å². The Hall–Kier alpha value is -1.89. The summed E-state index contributed by atoms with van der Waals surface area (Å²) in [5, 5.41) is 12.5.